The van der Waals surface area contributed by atoms with Gasteiger partial charge < -0.3 is 5.32 Å². The molecular formula is C10H18N4. The molecule has 1 saturated heterocycles. The van der Waals surface area contributed by atoms with Gasteiger partial charge in [0.25, 0.3) is 0 Å². The zero-order valence-electron chi connectivity index (χ0n) is 9.09. The minimum atomic E-state index is 0.698. The smallest absolute Gasteiger partial charge is 0.0639 e. The molecule has 0 spiro atoms. The van der Waals surface area contributed by atoms with Crippen molar-refractivity contribution >= 4 is 0 Å². The summed E-state index contributed by atoms with van der Waals surface area (Å²) in [4.78, 5) is 2.39. The van der Waals surface area contributed by atoms with Crippen LogP contribution in [0.1, 0.15) is 17.0 Å². The number of aromatic nitrogens is 2. The van der Waals surface area contributed by atoms with Crippen molar-refractivity contribution in [3.05, 3.63) is 17.0 Å². The molecule has 0 aliphatic carbocycles. The number of aromatic amines is 1. The predicted octanol–water partition coefficient (Wildman–Crippen LogP) is 0.430. The summed E-state index contributed by atoms with van der Waals surface area (Å²) in [7, 11) is 2.18. The molecule has 0 radical (unpaired) electrons. The molecule has 0 bridgehead atoms. The average Bonchev–Trinajstić information content (AvgIpc) is 2.32. The maximum Gasteiger partial charge on any atom is 0.0639 e. The SMILES string of the molecule is Cc1n[nH]c(C)c1CN(C)C1CNC1. The molecular weight excluding hydrogens is 176 g/mol. The van der Waals surface area contributed by atoms with Crippen molar-refractivity contribution in [2.24, 2.45) is 0 Å². The number of aryl methyl sites for hydroxylation is 2. The van der Waals surface area contributed by atoms with Gasteiger partial charge >= 0.3 is 0 Å². The van der Waals surface area contributed by atoms with Crippen LogP contribution in [0, 0.1) is 13.8 Å². The number of likely N-dealkylation sites (N-methyl/N-ethyl adjacent to an activating group) is 1. The summed E-state index contributed by atoms with van der Waals surface area (Å²) in [5.41, 5.74) is 3.67. The van der Waals surface area contributed by atoms with Crippen LogP contribution in [0.15, 0.2) is 0 Å². The van der Waals surface area contributed by atoms with Gasteiger partial charge in [0.1, 0.15) is 0 Å². The fourth-order valence-corrected chi connectivity index (χ4v) is 1.77. The first-order valence-corrected chi connectivity index (χ1v) is 5.10. The number of hydrogen-bond donors (Lipinski definition) is 2. The molecule has 4 nitrogen and oxygen atoms in total. The minimum Gasteiger partial charge on any atom is -0.314 e. The van der Waals surface area contributed by atoms with Crippen LogP contribution in [0.25, 0.3) is 0 Å². The van der Waals surface area contributed by atoms with Crippen molar-refractivity contribution in [3.63, 3.8) is 0 Å². The van der Waals surface area contributed by atoms with Crippen LogP contribution >= 0.6 is 0 Å². The topological polar surface area (TPSA) is 44.0 Å². The lowest BCUT2D eigenvalue weighted by Gasteiger charge is -2.35. The predicted molar refractivity (Wildman–Crippen MR) is 56.2 cm³/mol. The summed E-state index contributed by atoms with van der Waals surface area (Å²) in [5.74, 6) is 0. The van der Waals surface area contributed by atoms with Crippen LogP contribution in [0.4, 0.5) is 0 Å². The van der Waals surface area contributed by atoms with E-state index in [9.17, 15) is 0 Å². The molecule has 1 aliphatic heterocycles. The minimum absolute atomic E-state index is 0.698. The molecule has 14 heavy (non-hydrogen) atoms. The summed E-state index contributed by atoms with van der Waals surface area (Å²) < 4.78 is 0. The van der Waals surface area contributed by atoms with Gasteiger partial charge in [-0.15, -0.1) is 0 Å². The molecule has 0 unspecified atom stereocenters. The molecule has 1 fully saturated rings. The second-order valence-corrected chi connectivity index (χ2v) is 4.14. The Morgan fingerprint density at radius 2 is 2.14 bits per heavy atom. The van der Waals surface area contributed by atoms with Crippen LogP contribution in [0.5, 0.6) is 0 Å². The average molecular weight is 194 g/mol. The lowest BCUT2D eigenvalue weighted by Crippen LogP contribution is -2.55. The third-order valence-corrected chi connectivity index (χ3v) is 3.07. The fraction of sp³-hybridized carbons (Fsp3) is 0.700. The maximum absolute atomic E-state index is 4.21. The van der Waals surface area contributed by atoms with Crippen LogP contribution in [0.3, 0.4) is 0 Å². The Labute approximate surface area is 84.7 Å². The summed E-state index contributed by atoms with van der Waals surface area (Å²) >= 11 is 0. The zero-order valence-corrected chi connectivity index (χ0v) is 9.09. The molecule has 0 atom stereocenters. The van der Waals surface area contributed by atoms with Crippen LogP contribution in [-0.4, -0.2) is 41.3 Å². The Hall–Kier alpha value is -0.870. The van der Waals surface area contributed by atoms with Crippen molar-refractivity contribution in [1.29, 1.82) is 0 Å². The summed E-state index contributed by atoms with van der Waals surface area (Å²) in [6.45, 7) is 7.38. The van der Waals surface area contributed by atoms with E-state index >= 15 is 0 Å². The molecule has 0 aromatic carbocycles. The van der Waals surface area contributed by atoms with Gasteiger partial charge in [0.15, 0.2) is 0 Å². The standard InChI is InChI=1S/C10H18N4/c1-7-10(8(2)13-12-7)6-14(3)9-4-11-5-9/h9,11H,4-6H2,1-3H3,(H,12,13). The highest BCUT2D eigenvalue weighted by atomic mass is 15.2. The molecule has 4 heteroatoms. The Kier molecular flexibility index (Phi) is 2.56. The third-order valence-electron chi connectivity index (χ3n) is 3.07. The van der Waals surface area contributed by atoms with E-state index in [1.807, 2.05) is 0 Å². The van der Waals surface area contributed by atoms with Crippen molar-refractivity contribution < 1.29 is 0 Å². The molecule has 2 rings (SSSR count). The van der Waals surface area contributed by atoms with Gasteiger partial charge in [0.05, 0.1) is 5.69 Å². The van der Waals surface area contributed by atoms with Gasteiger partial charge in [-0.3, -0.25) is 10.00 Å². The van der Waals surface area contributed by atoms with Crippen molar-refractivity contribution in [1.82, 2.24) is 20.4 Å². The third kappa shape index (κ3) is 1.67. The van der Waals surface area contributed by atoms with Crippen molar-refractivity contribution in [2.75, 3.05) is 20.1 Å². The van der Waals surface area contributed by atoms with E-state index in [0.29, 0.717) is 6.04 Å². The van der Waals surface area contributed by atoms with Gasteiger partial charge in [0.2, 0.25) is 0 Å². The Bertz CT molecular complexity index is 294. The number of H-pyrrole nitrogens is 1. The molecule has 1 aliphatic rings. The monoisotopic (exact) mass is 194 g/mol. The lowest BCUT2D eigenvalue weighted by atomic mass is 10.1. The fourth-order valence-electron chi connectivity index (χ4n) is 1.77. The zero-order chi connectivity index (χ0) is 10.1. The van der Waals surface area contributed by atoms with E-state index in [1.165, 1.54) is 11.3 Å². The second kappa shape index (κ2) is 3.71. The first-order valence-electron chi connectivity index (χ1n) is 5.10. The normalized spacial score (nSPS) is 17.4. The van der Waals surface area contributed by atoms with Crippen molar-refractivity contribution in [3.8, 4) is 0 Å². The highest BCUT2D eigenvalue weighted by Crippen LogP contribution is 2.14. The number of nitrogens with zero attached hydrogens (tertiary/aromatic N) is 2. The van der Waals surface area contributed by atoms with Gasteiger partial charge in [-0.1, -0.05) is 0 Å². The maximum atomic E-state index is 4.21. The quantitative estimate of drug-likeness (QED) is 0.733. The summed E-state index contributed by atoms with van der Waals surface area (Å²) in [6, 6.07) is 0.698. The molecule has 1 aromatic rings. The van der Waals surface area contributed by atoms with Crippen LogP contribution < -0.4 is 5.32 Å². The first-order chi connectivity index (χ1) is 6.68. The molecule has 2 N–H and O–H groups in total. The number of hydrogen-bond acceptors (Lipinski definition) is 3. The van der Waals surface area contributed by atoms with Gasteiger partial charge in [-0.05, 0) is 20.9 Å². The van der Waals surface area contributed by atoms with E-state index in [-0.39, 0.29) is 0 Å². The largest absolute Gasteiger partial charge is 0.314 e. The molecule has 0 saturated carbocycles. The summed E-state index contributed by atoms with van der Waals surface area (Å²) in [5, 5.41) is 10.5. The van der Waals surface area contributed by atoms with E-state index in [4.69, 9.17) is 0 Å². The highest BCUT2D eigenvalue weighted by Gasteiger charge is 2.22. The number of nitrogens with one attached hydrogen (secondary N) is 2. The Morgan fingerprint density at radius 3 is 2.57 bits per heavy atom. The van der Waals surface area contributed by atoms with E-state index < -0.39 is 0 Å². The first kappa shape index (κ1) is 9.68. The van der Waals surface area contributed by atoms with Crippen molar-refractivity contribution in [2.45, 2.75) is 26.4 Å². The second-order valence-electron chi connectivity index (χ2n) is 4.14. The lowest BCUT2D eigenvalue weighted by molar-refractivity contribution is 0.172. The van der Waals surface area contributed by atoms with Gasteiger partial charge in [0, 0.05) is 36.9 Å². The van der Waals surface area contributed by atoms with E-state index in [0.717, 1.165) is 25.3 Å². The Morgan fingerprint density at radius 1 is 1.43 bits per heavy atom. The van der Waals surface area contributed by atoms with Crippen LogP contribution in [-0.2, 0) is 6.54 Å². The van der Waals surface area contributed by atoms with E-state index in [2.05, 4.69) is 41.3 Å². The number of rotatable bonds is 3. The van der Waals surface area contributed by atoms with E-state index in [1.54, 1.807) is 0 Å². The Balaban J connectivity index is 2.02. The molecule has 1 aromatic heterocycles. The molecule has 0 amide bonds. The molecule has 2 heterocycles. The summed E-state index contributed by atoms with van der Waals surface area (Å²) in [6.07, 6.45) is 0. The van der Waals surface area contributed by atoms with Gasteiger partial charge in [-0.25, -0.2) is 0 Å². The van der Waals surface area contributed by atoms with Crippen LogP contribution in [0.2, 0.25) is 0 Å². The van der Waals surface area contributed by atoms with Gasteiger partial charge in [-0.2, -0.15) is 5.10 Å². The molecule has 78 valence electrons. The highest BCUT2D eigenvalue weighted by molar-refractivity contribution is 5.23.